The van der Waals surface area contributed by atoms with Crippen molar-refractivity contribution in [3.8, 4) is 0 Å². The van der Waals surface area contributed by atoms with Crippen LogP contribution in [0.5, 0.6) is 0 Å². The molecule has 3 aromatic carbocycles. The van der Waals surface area contributed by atoms with E-state index in [1.54, 1.807) is 0 Å². The van der Waals surface area contributed by atoms with Crippen molar-refractivity contribution in [2.45, 2.75) is 20.8 Å². The van der Waals surface area contributed by atoms with Crippen LogP contribution in [0.2, 0.25) is 0 Å². The van der Waals surface area contributed by atoms with Crippen LogP contribution in [0, 0.1) is 20.8 Å². The predicted octanol–water partition coefficient (Wildman–Crippen LogP) is 4.72. The molecule has 0 unspecified atom stereocenters. The van der Waals surface area contributed by atoms with E-state index in [1.807, 2.05) is 55.5 Å². The lowest BCUT2D eigenvalue weighted by molar-refractivity contribution is -0.120. The second-order valence-corrected chi connectivity index (χ2v) is 9.12. The summed E-state index contributed by atoms with van der Waals surface area (Å²) in [5.74, 6) is -0.496. The first kappa shape index (κ1) is 22.0. The lowest BCUT2D eigenvalue weighted by Crippen LogP contribution is -2.47. The van der Waals surface area contributed by atoms with Crippen LogP contribution in [0.15, 0.2) is 78.5 Å². The summed E-state index contributed by atoms with van der Waals surface area (Å²) < 4.78 is 0. The van der Waals surface area contributed by atoms with Gasteiger partial charge in [-0.05, 0) is 67.3 Å². The molecule has 0 atom stereocenters. The number of hydrogen-bond donors (Lipinski definition) is 0. The van der Waals surface area contributed by atoms with Gasteiger partial charge in [0.15, 0.2) is 0 Å². The highest BCUT2D eigenvalue weighted by Crippen LogP contribution is 2.36. The molecule has 1 saturated heterocycles. The lowest BCUT2D eigenvalue weighted by atomic mass is 9.99. The lowest BCUT2D eigenvalue weighted by Gasteiger charge is -2.37. The molecule has 2 aliphatic rings. The number of hydrogen-bond acceptors (Lipinski definition) is 4. The normalized spacial score (nSPS) is 16.6. The summed E-state index contributed by atoms with van der Waals surface area (Å²) in [6, 6.07) is 23.7. The molecule has 0 N–H and O–H groups in total. The van der Waals surface area contributed by atoms with Crippen LogP contribution < -0.4 is 9.80 Å². The third kappa shape index (κ3) is 3.87. The average Bonchev–Trinajstić information content (AvgIpc) is 3.11. The molecule has 0 aliphatic carbocycles. The van der Waals surface area contributed by atoms with Crippen molar-refractivity contribution >= 4 is 28.8 Å². The molecule has 34 heavy (non-hydrogen) atoms. The maximum atomic E-state index is 13.7. The monoisotopic (exact) mass is 451 g/mol. The van der Waals surface area contributed by atoms with Crippen LogP contribution >= 0.6 is 0 Å². The Hall–Kier alpha value is -3.86. The number of imide groups is 1. The zero-order chi connectivity index (χ0) is 23.8. The van der Waals surface area contributed by atoms with Gasteiger partial charge in [-0.25, -0.2) is 4.90 Å². The first-order valence-electron chi connectivity index (χ1n) is 11.8. The fourth-order valence-electron chi connectivity index (χ4n) is 4.79. The second kappa shape index (κ2) is 8.82. The Kier molecular flexibility index (Phi) is 5.70. The molecule has 5 nitrogen and oxygen atoms in total. The summed E-state index contributed by atoms with van der Waals surface area (Å²) >= 11 is 0. The van der Waals surface area contributed by atoms with Gasteiger partial charge < -0.3 is 9.80 Å². The van der Waals surface area contributed by atoms with E-state index in [1.165, 1.54) is 16.2 Å². The standard InChI is InChI=1S/C29H29N3O2/c1-20-8-7-11-25(18-20)30-14-16-31(17-15-30)27-26(23-13-12-21(2)22(3)19-23)28(33)32(29(27)34)24-9-5-4-6-10-24/h4-13,18-19H,14-17H2,1-3H3. The molecule has 2 heterocycles. The molecule has 5 rings (SSSR count). The van der Waals surface area contributed by atoms with Gasteiger partial charge in [-0.1, -0.05) is 48.5 Å². The molecule has 0 aromatic heterocycles. The number of carbonyl (C=O) groups excluding carboxylic acids is 2. The highest BCUT2D eigenvalue weighted by atomic mass is 16.2. The van der Waals surface area contributed by atoms with E-state index >= 15 is 0 Å². The molecule has 172 valence electrons. The van der Waals surface area contributed by atoms with Crippen molar-refractivity contribution in [2.75, 3.05) is 36.0 Å². The summed E-state index contributed by atoms with van der Waals surface area (Å²) in [4.78, 5) is 33.2. The second-order valence-electron chi connectivity index (χ2n) is 9.12. The third-order valence-electron chi connectivity index (χ3n) is 6.83. The van der Waals surface area contributed by atoms with E-state index < -0.39 is 0 Å². The van der Waals surface area contributed by atoms with Crippen LogP contribution in [0.25, 0.3) is 5.57 Å². The molecule has 1 fully saturated rings. The SMILES string of the molecule is Cc1cccc(N2CCN(C3=C(c4ccc(C)c(C)c4)C(=O)N(c4ccccc4)C3=O)CC2)c1. The minimum absolute atomic E-state index is 0.242. The third-order valence-corrected chi connectivity index (χ3v) is 6.83. The van der Waals surface area contributed by atoms with Gasteiger partial charge in [-0.2, -0.15) is 0 Å². The smallest absolute Gasteiger partial charge is 0.282 e. The fraction of sp³-hybridized carbons (Fsp3) is 0.241. The molecule has 0 bridgehead atoms. The first-order valence-corrected chi connectivity index (χ1v) is 11.8. The first-order chi connectivity index (χ1) is 16.4. The average molecular weight is 452 g/mol. The summed E-state index contributed by atoms with van der Waals surface area (Å²) in [7, 11) is 0. The Balaban J connectivity index is 1.51. The maximum Gasteiger partial charge on any atom is 0.282 e. The van der Waals surface area contributed by atoms with Crippen LogP contribution in [0.4, 0.5) is 11.4 Å². The largest absolute Gasteiger partial charge is 0.368 e. The highest BCUT2D eigenvalue weighted by Gasteiger charge is 2.43. The number of amides is 2. The summed E-state index contributed by atoms with van der Waals surface area (Å²) in [6.45, 7) is 9.13. The number of carbonyl (C=O) groups is 2. The minimum Gasteiger partial charge on any atom is -0.368 e. The molecule has 0 saturated carbocycles. The van der Waals surface area contributed by atoms with Gasteiger partial charge >= 0.3 is 0 Å². The fourth-order valence-corrected chi connectivity index (χ4v) is 4.79. The number of piperazine rings is 1. The van der Waals surface area contributed by atoms with Crippen molar-refractivity contribution in [1.82, 2.24) is 4.90 Å². The van der Waals surface area contributed by atoms with Gasteiger partial charge in [0.25, 0.3) is 11.8 Å². The van der Waals surface area contributed by atoms with Crippen molar-refractivity contribution in [3.63, 3.8) is 0 Å². The van der Waals surface area contributed by atoms with E-state index in [-0.39, 0.29) is 11.8 Å². The van der Waals surface area contributed by atoms with Crippen LogP contribution in [-0.4, -0.2) is 42.9 Å². The molecular formula is C29H29N3O2. The molecule has 5 heteroatoms. The molecular weight excluding hydrogens is 422 g/mol. The summed E-state index contributed by atoms with van der Waals surface area (Å²) in [5.41, 5.74) is 7.11. The molecule has 0 radical (unpaired) electrons. The van der Waals surface area contributed by atoms with Gasteiger partial charge in [0.1, 0.15) is 5.70 Å². The zero-order valence-corrected chi connectivity index (χ0v) is 19.9. The topological polar surface area (TPSA) is 43.9 Å². The van der Waals surface area contributed by atoms with Crippen LogP contribution in [0.1, 0.15) is 22.3 Å². The number of anilines is 2. The molecule has 3 aromatic rings. The number of aryl methyl sites for hydroxylation is 3. The summed E-state index contributed by atoms with van der Waals surface area (Å²) in [5, 5.41) is 0. The molecule has 2 aliphatic heterocycles. The number of nitrogens with zero attached hydrogens (tertiary/aromatic N) is 3. The predicted molar refractivity (Wildman–Crippen MR) is 137 cm³/mol. The zero-order valence-electron chi connectivity index (χ0n) is 19.9. The van der Waals surface area contributed by atoms with E-state index in [0.29, 0.717) is 30.0 Å². The summed E-state index contributed by atoms with van der Waals surface area (Å²) in [6.07, 6.45) is 0. The van der Waals surface area contributed by atoms with Crippen molar-refractivity contribution < 1.29 is 9.59 Å². The Morgan fingerprint density at radius 1 is 0.618 bits per heavy atom. The van der Waals surface area contributed by atoms with E-state index in [9.17, 15) is 9.59 Å². The Bertz CT molecular complexity index is 1290. The van der Waals surface area contributed by atoms with Gasteiger partial charge in [-0.15, -0.1) is 0 Å². The van der Waals surface area contributed by atoms with Gasteiger partial charge in [0, 0.05) is 31.9 Å². The van der Waals surface area contributed by atoms with Crippen LogP contribution in [0.3, 0.4) is 0 Å². The van der Waals surface area contributed by atoms with E-state index in [0.717, 1.165) is 29.8 Å². The Labute approximate surface area is 200 Å². The van der Waals surface area contributed by atoms with Crippen molar-refractivity contribution in [3.05, 3.63) is 101 Å². The Morgan fingerprint density at radius 3 is 1.97 bits per heavy atom. The van der Waals surface area contributed by atoms with Gasteiger partial charge in [0.2, 0.25) is 0 Å². The maximum absolute atomic E-state index is 13.7. The minimum atomic E-state index is -0.254. The van der Waals surface area contributed by atoms with Gasteiger partial charge in [-0.3, -0.25) is 9.59 Å². The van der Waals surface area contributed by atoms with E-state index in [4.69, 9.17) is 0 Å². The molecule has 0 spiro atoms. The van der Waals surface area contributed by atoms with E-state index in [2.05, 4.69) is 47.9 Å². The van der Waals surface area contributed by atoms with Gasteiger partial charge in [0.05, 0.1) is 11.3 Å². The van der Waals surface area contributed by atoms with Crippen LogP contribution in [-0.2, 0) is 9.59 Å². The quantitative estimate of drug-likeness (QED) is 0.539. The van der Waals surface area contributed by atoms with Crippen molar-refractivity contribution in [2.24, 2.45) is 0 Å². The Morgan fingerprint density at radius 2 is 1.29 bits per heavy atom. The number of rotatable bonds is 4. The van der Waals surface area contributed by atoms with Crippen molar-refractivity contribution in [1.29, 1.82) is 0 Å². The molecule has 2 amide bonds. The number of para-hydroxylation sites is 1. The highest BCUT2D eigenvalue weighted by molar-refractivity contribution is 6.45. The number of benzene rings is 3.